The van der Waals surface area contributed by atoms with Gasteiger partial charge in [0.25, 0.3) is 0 Å². The summed E-state index contributed by atoms with van der Waals surface area (Å²) in [5.41, 5.74) is 2.65. The summed E-state index contributed by atoms with van der Waals surface area (Å²) in [5.74, 6) is 1.81. The topological polar surface area (TPSA) is 64.7 Å². The third-order valence-corrected chi connectivity index (χ3v) is 4.00. The molecule has 18 heavy (non-hydrogen) atoms. The second-order valence-corrected chi connectivity index (χ2v) is 5.43. The Morgan fingerprint density at radius 3 is 2.89 bits per heavy atom. The summed E-state index contributed by atoms with van der Waals surface area (Å²) in [7, 11) is 0. The minimum absolute atomic E-state index is 0.592. The van der Waals surface area contributed by atoms with Crippen molar-refractivity contribution in [2.75, 3.05) is 0 Å². The SMILES string of the molecule is c1ccc(-c2noc(CSc3nncs3)n2)cc1. The second-order valence-electron chi connectivity index (χ2n) is 3.37. The van der Waals surface area contributed by atoms with Gasteiger partial charge in [-0.2, -0.15) is 4.98 Å². The molecular weight excluding hydrogens is 268 g/mol. The molecule has 7 heteroatoms. The predicted octanol–water partition coefficient (Wildman–Crippen LogP) is 2.88. The van der Waals surface area contributed by atoms with E-state index in [4.69, 9.17) is 4.52 Å². The van der Waals surface area contributed by atoms with Crippen LogP contribution in [0, 0.1) is 0 Å². The number of hydrogen-bond acceptors (Lipinski definition) is 7. The van der Waals surface area contributed by atoms with Crippen LogP contribution < -0.4 is 0 Å². The molecule has 2 heterocycles. The molecular formula is C11H8N4OS2. The fraction of sp³-hybridized carbons (Fsp3) is 0.0909. The van der Waals surface area contributed by atoms with Crippen LogP contribution in [0.1, 0.15) is 5.89 Å². The van der Waals surface area contributed by atoms with Crippen molar-refractivity contribution in [1.29, 1.82) is 0 Å². The Morgan fingerprint density at radius 2 is 2.11 bits per heavy atom. The van der Waals surface area contributed by atoms with E-state index in [0.29, 0.717) is 17.5 Å². The van der Waals surface area contributed by atoms with E-state index < -0.39 is 0 Å². The largest absolute Gasteiger partial charge is 0.338 e. The van der Waals surface area contributed by atoms with Crippen molar-refractivity contribution >= 4 is 23.1 Å². The molecule has 0 fully saturated rings. The fourth-order valence-corrected chi connectivity index (χ4v) is 2.69. The lowest BCUT2D eigenvalue weighted by Gasteiger charge is -1.91. The average Bonchev–Trinajstić information content (AvgIpc) is 3.09. The molecule has 3 rings (SSSR count). The van der Waals surface area contributed by atoms with Gasteiger partial charge < -0.3 is 4.52 Å². The van der Waals surface area contributed by atoms with E-state index in [1.807, 2.05) is 30.3 Å². The van der Waals surface area contributed by atoms with Crippen LogP contribution in [0.15, 0.2) is 44.7 Å². The second kappa shape index (κ2) is 5.28. The van der Waals surface area contributed by atoms with E-state index in [1.165, 1.54) is 23.1 Å². The Morgan fingerprint density at radius 1 is 1.22 bits per heavy atom. The number of thioether (sulfide) groups is 1. The van der Waals surface area contributed by atoms with Gasteiger partial charge in [-0.3, -0.25) is 0 Å². The summed E-state index contributed by atoms with van der Waals surface area (Å²) in [4.78, 5) is 4.34. The molecule has 0 saturated heterocycles. The Hall–Kier alpha value is -1.73. The number of hydrogen-bond donors (Lipinski definition) is 0. The molecule has 0 N–H and O–H groups in total. The molecule has 2 aromatic heterocycles. The van der Waals surface area contributed by atoms with E-state index in [2.05, 4.69) is 20.3 Å². The third kappa shape index (κ3) is 2.57. The van der Waals surface area contributed by atoms with Gasteiger partial charge in [0.1, 0.15) is 5.51 Å². The van der Waals surface area contributed by atoms with Gasteiger partial charge in [0.15, 0.2) is 4.34 Å². The highest BCUT2D eigenvalue weighted by Crippen LogP contribution is 2.24. The maximum Gasteiger partial charge on any atom is 0.237 e. The first-order valence-electron chi connectivity index (χ1n) is 5.19. The van der Waals surface area contributed by atoms with Gasteiger partial charge in [-0.15, -0.1) is 10.2 Å². The molecule has 0 aliphatic rings. The van der Waals surface area contributed by atoms with Crippen LogP contribution in [0.25, 0.3) is 11.4 Å². The number of nitrogens with zero attached hydrogens (tertiary/aromatic N) is 4. The van der Waals surface area contributed by atoms with Crippen LogP contribution in [-0.4, -0.2) is 20.3 Å². The van der Waals surface area contributed by atoms with Crippen molar-refractivity contribution in [3.05, 3.63) is 41.7 Å². The molecule has 0 saturated carbocycles. The quantitative estimate of drug-likeness (QED) is 0.683. The summed E-state index contributed by atoms with van der Waals surface area (Å²) in [6, 6.07) is 9.75. The summed E-state index contributed by atoms with van der Waals surface area (Å²) in [5, 5.41) is 11.7. The van der Waals surface area contributed by atoms with Gasteiger partial charge in [-0.25, -0.2) is 0 Å². The van der Waals surface area contributed by atoms with Crippen LogP contribution in [-0.2, 0) is 5.75 Å². The van der Waals surface area contributed by atoms with E-state index >= 15 is 0 Å². The summed E-state index contributed by atoms with van der Waals surface area (Å²) < 4.78 is 6.09. The Balaban J connectivity index is 1.70. The van der Waals surface area contributed by atoms with Gasteiger partial charge >= 0.3 is 0 Å². The lowest BCUT2D eigenvalue weighted by atomic mass is 10.2. The van der Waals surface area contributed by atoms with E-state index in [1.54, 1.807) is 5.51 Å². The van der Waals surface area contributed by atoms with Gasteiger partial charge in [-0.1, -0.05) is 58.6 Å². The molecule has 0 radical (unpaired) electrons. The van der Waals surface area contributed by atoms with Gasteiger partial charge in [0, 0.05) is 5.56 Å². The monoisotopic (exact) mass is 276 g/mol. The molecule has 0 unspecified atom stereocenters. The van der Waals surface area contributed by atoms with Crippen LogP contribution in [0.2, 0.25) is 0 Å². The maximum absolute atomic E-state index is 5.19. The summed E-state index contributed by atoms with van der Waals surface area (Å²) in [6.45, 7) is 0. The fourth-order valence-electron chi connectivity index (χ4n) is 1.37. The zero-order chi connectivity index (χ0) is 12.2. The first-order chi connectivity index (χ1) is 8.92. The molecule has 90 valence electrons. The lowest BCUT2D eigenvalue weighted by molar-refractivity contribution is 0.391. The van der Waals surface area contributed by atoms with Gasteiger partial charge in [-0.05, 0) is 0 Å². The molecule has 0 amide bonds. The molecule has 3 aromatic rings. The normalized spacial score (nSPS) is 10.7. The zero-order valence-corrected chi connectivity index (χ0v) is 10.8. The van der Waals surface area contributed by atoms with E-state index in [9.17, 15) is 0 Å². The predicted molar refractivity (Wildman–Crippen MR) is 69.2 cm³/mol. The Labute approximate surface area is 111 Å². The van der Waals surface area contributed by atoms with Crippen molar-refractivity contribution in [1.82, 2.24) is 20.3 Å². The average molecular weight is 276 g/mol. The minimum atomic E-state index is 0.592. The van der Waals surface area contributed by atoms with Crippen molar-refractivity contribution < 1.29 is 4.52 Å². The standard InChI is InChI=1S/C11H8N4OS2/c1-2-4-8(5-3-1)10-13-9(16-15-10)6-17-11-14-12-7-18-11/h1-5,7H,6H2. The Kier molecular flexibility index (Phi) is 3.33. The lowest BCUT2D eigenvalue weighted by Crippen LogP contribution is -1.82. The number of rotatable bonds is 4. The highest BCUT2D eigenvalue weighted by molar-refractivity contribution is 8.00. The highest BCUT2D eigenvalue weighted by Gasteiger charge is 2.09. The maximum atomic E-state index is 5.19. The van der Waals surface area contributed by atoms with Crippen LogP contribution in [0.5, 0.6) is 0 Å². The van der Waals surface area contributed by atoms with Crippen molar-refractivity contribution in [3.63, 3.8) is 0 Å². The highest BCUT2D eigenvalue weighted by atomic mass is 32.2. The molecule has 1 aromatic carbocycles. The molecule has 5 nitrogen and oxygen atoms in total. The van der Waals surface area contributed by atoms with Gasteiger partial charge in [0.05, 0.1) is 5.75 Å². The smallest absolute Gasteiger partial charge is 0.237 e. The molecule has 0 spiro atoms. The van der Waals surface area contributed by atoms with Gasteiger partial charge in [0.2, 0.25) is 11.7 Å². The van der Waals surface area contributed by atoms with Crippen LogP contribution in [0.3, 0.4) is 0 Å². The first-order valence-corrected chi connectivity index (χ1v) is 7.05. The Bertz CT molecular complexity index is 609. The summed E-state index contributed by atoms with van der Waals surface area (Å²) in [6.07, 6.45) is 0. The van der Waals surface area contributed by atoms with E-state index in [0.717, 1.165) is 9.90 Å². The van der Waals surface area contributed by atoms with E-state index in [-0.39, 0.29) is 0 Å². The number of aromatic nitrogens is 4. The molecule has 0 aliphatic heterocycles. The van der Waals surface area contributed by atoms with Crippen molar-refractivity contribution in [3.8, 4) is 11.4 Å². The summed E-state index contributed by atoms with van der Waals surface area (Å²) >= 11 is 3.03. The zero-order valence-electron chi connectivity index (χ0n) is 9.18. The molecule has 0 aliphatic carbocycles. The third-order valence-electron chi connectivity index (χ3n) is 2.16. The number of benzene rings is 1. The van der Waals surface area contributed by atoms with Crippen molar-refractivity contribution in [2.45, 2.75) is 10.1 Å². The molecule has 0 atom stereocenters. The van der Waals surface area contributed by atoms with Crippen LogP contribution in [0.4, 0.5) is 0 Å². The minimum Gasteiger partial charge on any atom is -0.338 e. The molecule has 0 bridgehead atoms. The first kappa shape index (κ1) is 11.4. The van der Waals surface area contributed by atoms with Crippen molar-refractivity contribution in [2.24, 2.45) is 0 Å². The van der Waals surface area contributed by atoms with Crippen LogP contribution >= 0.6 is 23.1 Å².